The molecule has 3 aromatic heterocycles. The van der Waals surface area contributed by atoms with E-state index in [1.54, 1.807) is 30.5 Å². The van der Waals surface area contributed by atoms with E-state index in [9.17, 15) is 50.4 Å². The van der Waals surface area contributed by atoms with E-state index in [1.165, 1.54) is 9.80 Å². The minimum atomic E-state index is -1.92. The highest BCUT2D eigenvalue weighted by Crippen LogP contribution is 2.24. The van der Waals surface area contributed by atoms with E-state index in [4.69, 9.17) is 15.9 Å². The Bertz CT molecular complexity index is 1860. The molecule has 4 rings (SSSR count). The van der Waals surface area contributed by atoms with Gasteiger partial charge in [0.05, 0.1) is 38.5 Å². The van der Waals surface area contributed by atoms with E-state index in [2.05, 4.69) is 20.3 Å². The first-order chi connectivity index (χ1) is 26.7. The molecule has 0 aliphatic heterocycles. The highest BCUT2D eigenvalue weighted by molar-refractivity contribution is 5.97. The van der Waals surface area contributed by atoms with Gasteiger partial charge >= 0.3 is 0 Å². The van der Waals surface area contributed by atoms with Gasteiger partial charge in [-0.25, -0.2) is 19.1 Å². The molecule has 56 heavy (non-hydrogen) atoms. The lowest BCUT2D eigenvalue weighted by molar-refractivity contribution is -0.676. The summed E-state index contributed by atoms with van der Waals surface area (Å²) in [5, 5.41) is 102. The molecule has 0 radical (unpaired) electrons. The number of H-pyrrole nitrogens is 1. The van der Waals surface area contributed by atoms with E-state index in [1.807, 2.05) is 23.0 Å². The topological polar surface area (TPSA) is 331 Å². The van der Waals surface area contributed by atoms with Crippen LogP contribution in [0.5, 0.6) is 0 Å². The molecule has 21 heteroatoms. The summed E-state index contributed by atoms with van der Waals surface area (Å²) in [4.78, 5) is 40.3. The monoisotopic (exact) mass is 792 g/mol. The average molecular weight is 793 g/mol. The number of nitrogen functional groups attached to an aromatic ring is 1. The summed E-state index contributed by atoms with van der Waals surface area (Å²) in [7, 11) is 0. The van der Waals surface area contributed by atoms with Crippen molar-refractivity contribution < 1.29 is 65.2 Å². The first-order valence-corrected chi connectivity index (χ1v) is 18.2. The molecule has 0 saturated heterocycles. The fourth-order valence-corrected chi connectivity index (χ4v) is 6.54. The van der Waals surface area contributed by atoms with Crippen LogP contribution in [0, 0.1) is 0 Å². The van der Waals surface area contributed by atoms with Crippen LogP contribution >= 0.6 is 0 Å². The second kappa shape index (κ2) is 20.2. The molecule has 4 aromatic rings. The number of aliphatic hydroxyl groups excluding tert-OH is 10. The SMILES string of the molecule is CCn1c(CN(C=O)c2nc3cc[nH]c3nc2N)[n+](CC)c2ccc(C(=O)NCCCN(C[C@H](O)[C@@H](O)[C@H](O)[C@H](O)CO)C[C@H](O)[C@@H](O)[C@H](O)[C@H](O)CO)cc21. The van der Waals surface area contributed by atoms with Crippen molar-refractivity contribution in [1.29, 1.82) is 0 Å². The Balaban J connectivity index is 1.48. The first-order valence-electron chi connectivity index (χ1n) is 18.2. The Kier molecular flexibility index (Phi) is 16.0. The molecular weight excluding hydrogens is 738 g/mol. The smallest absolute Gasteiger partial charge is 0.277 e. The van der Waals surface area contributed by atoms with Gasteiger partial charge in [0.15, 0.2) is 28.3 Å². The molecule has 0 aliphatic rings. The fourth-order valence-electron chi connectivity index (χ4n) is 6.54. The van der Waals surface area contributed by atoms with E-state index < -0.39 is 81.0 Å². The van der Waals surface area contributed by atoms with Crippen molar-refractivity contribution in [3.63, 3.8) is 0 Å². The van der Waals surface area contributed by atoms with Crippen LogP contribution < -0.4 is 20.5 Å². The molecular formula is C35H54N9O12+. The predicted molar refractivity (Wildman–Crippen MR) is 200 cm³/mol. The highest BCUT2D eigenvalue weighted by Gasteiger charge is 2.34. The number of aromatic nitrogens is 5. The average Bonchev–Trinajstić information content (AvgIpc) is 3.79. The quantitative estimate of drug-likeness (QED) is 0.0191. The molecule has 310 valence electrons. The number of hydrogen-bond donors (Lipinski definition) is 13. The third kappa shape index (κ3) is 10.1. The maximum absolute atomic E-state index is 13.4. The van der Waals surface area contributed by atoms with E-state index in [0.29, 0.717) is 36.2 Å². The zero-order valence-corrected chi connectivity index (χ0v) is 31.2. The van der Waals surface area contributed by atoms with Crippen molar-refractivity contribution in [3.05, 3.63) is 41.9 Å². The maximum Gasteiger partial charge on any atom is 0.277 e. The lowest BCUT2D eigenvalue weighted by Gasteiger charge is -2.33. The third-order valence-corrected chi connectivity index (χ3v) is 9.66. The van der Waals surface area contributed by atoms with Crippen LogP contribution in [0.15, 0.2) is 30.5 Å². The summed E-state index contributed by atoms with van der Waals surface area (Å²) in [6.07, 6.45) is -12.1. The summed E-state index contributed by atoms with van der Waals surface area (Å²) < 4.78 is 4.00. The molecule has 0 saturated carbocycles. The number of aliphatic hydroxyl groups is 10. The van der Waals surface area contributed by atoms with Crippen LogP contribution in [0.2, 0.25) is 0 Å². The van der Waals surface area contributed by atoms with E-state index >= 15 is 0 Å². The van der Waals surface area contributed by atoms with Crippen LogP contribution in [0.25, 0.3) is 22.2 Å². The molecule has 3 heterocycles. The molecule has 0 bridgehead atoms. The highest BCUT2D eigenvalue weighted by atomic mass is 16.4. The number of benzene rings is 1. The van der Waals surface area contributed by atoms with E-state index in [0.717, 1.165) is 16.9 Å². The van der Waals surface area contributed by atoms with Crippen molar-refractivity contribution in [1.82, 2.24) is 29.7 Å². The molecule has 0 fully saturated rings. The summed E-state index contributed by atoms with van der Waals surface area (Å²) >= 11 is 0. The Morgan fingerprint density at radius 2 is 1.54 bits per heavy atom. The number of fused-ring (bicyclic) bond motifs is 2. The number of nitrogens with zero attached hydrogens (tertiary/aromatic N) is 6. The van der Waals surface area contributed by atoms with Gasteiger partial charge < -0.3 is 67.1 Å². The van der Waals surface area contributed by atoms with Gasteiger partial charge in [-0.3, -0.25) is 19.4 Å². The second-order valence-corrected chi connectivity index (χ2v) is 13.5. The van der Waals surface area contributed by atoms with Gasteiger partial charge in [-0.05, 0) is 38.5 Å². The summed E-state index contributed by atoms with van der Waals surface area (Å²) in [6, 6.07) is 6.92. The number of carbonyl (C=O) groups is 2. The molecule has 14 N–H and O–H groups in total. The number of nitrogens with one attached hydrogen (secondary N) is 2. The summed E-state index contributed by atoms with van der Waals surface area (Å²) in [5.74, 6) is 0.611. The first kappa shape index (κ1) is 44.3. The van der Waals surface area contributed by atoms with Crippen LogP contribution in [0.3, 0.4) is 0 Å². The number of hydrogen-bond acceptors (Lipinski definition) is 16. The van der Waals surface area contributed by atoms with Crippen LogP contribution in [0.4, 0.5) is 11.6 Å². The molecule has 2 amide bonds. The zero-order valence-electron chi connectivity index (χ0n) is 31.2. The number of imidazole rings is 1. The Labute approximate surface area is 321 Å². The van der Waals surface area contributed by atoms with Gasteiger partial charge in [0, 0.05) is 44.0 Å². The normalized spacial score (nSPS) is 16.4. The number of aryl methyl sites for hydroxylation is 2. The zero-order chi connectivity index (χ0) is 41.3. The Morgan fingerprint density at radius 3 is 2.09 bits per heavy atom. The van der Waals surface area contributed by atoms with Crippen LogP contribution in [-0.2, 0) is 24.4 Å². The molecule has 0 unspecified atom stereocenters. The van der Waals surface area contributed by atoms with Gasteiger partial charge in [0.2, 0.25) is 6.41 Å². The number of rotatable bonds is 23. The molecule has 0 spiro atoms. The lowest BCUT2D eigenvalue weighted by Crippen LogP contribution is -2.53. The fraction of sp³-hybridized carbons (Fsp3) is 0.571. The van der Waals surface area contributed by atoms with Crippen LogP contribution in [0.1, 0.15) is 36.5 Å². The summed E-state index contributed by atoms with van der Waals surface area (Å²) in [6.45, 7) is 2.50. The Morgan fingerprint density at radius 1 is 0.929 bits per heavy atom. The molecule has 1 aromatic carbocycles. The number of amides is 2. The van der Waals surface area contributed by atoms with Gasteiger partial charge in [-0.15, -0.1) is 0 Å². The van der Waals surface area contributed by atoms with Crippen molar-refractivity contribution in [2.75, 3.05) is 50.0 Å². The van der Waals surface area contributed by atoms with Gasteiger partial charge in [-0.2, -0.15) is 0 Å². The number of carbonyl (C=O) groups excluding carboxylic acids is 2. The standard InChI is InChI=1S/C35H53N9O12/c1-3-43-21-7-6-19(12-22(21)44(4-2)27(43)15-42(18-47)34-32(36)40-33-20(39-34)8-10-37-33)35(56)38-9-5-11-41(13-23(48)28(52)30(54)25(50)16-45)14-24(49)29(53)31(55)26(51)17-46/h6-8,10,12,18,23-26,28-31,45-46,48-55H,3-5,9,11,13-17H2,1-2H3,(H3-,36,37,38,39,40,56)/p+1/t23-,24-,25+,26+,28+,29+,30+,31+/m0/s1. The molecule has 8 atom stereocenters. The van der Waals surface area contributed by atoms with Crippen molar-refractivity contribution in [2.45, 2.75) is 88.7 Å². The van der Waals surface area contributed by atoms with Crippen LogP contribution in [-0.4, -0.2) is 176 Å². The Hall–Kier alpha value is -4.39. The lowest BCUT2D eigenvalue weighted by atomic mass is 10.0. The van der Waals surface area contributed by atoms with E-state index in [-0.39, 0.29) is 37.7 Å². The second-order valence-electron chi connectivity index (χ2n) is 13.5. The van der Waals surface area contributed by atoms with Gasteiger partial charge in [0.25, 0.3) is 11.7 Å². The molecule has 0 aliphatic carbocycles. The van der Waals surface area contributed by atoms with Crippen molar-refractivity contribution in [3.8, 4) is 0 Å². The minimum absolute atomic E-state index is 0.0296. The van der Waals surface area contributed by atoms with Crippen molar-refractivity contribution in [2.24, 2.45) is 0 Å². The summed E-state index contributed by atoms with van der Waals surface area (Å²) in [5.41, 5.74) is 9.10. The minimum Gasteiger partial charge on any atom is -0.394 e. The molecule has 21 nitrogen and oxygen atoms in total. The number of aromatic amines is 1. The number of nitrogens with two attached hydrogens (primary N) is 1. The predicted octanol–water partition coefficient (Wildman–Crippen LogP) is -4.72. The maximum atomic E-state index is 13.4. The van der Waals surface area contributed by atoms with Crippen molar-refractivity contribution >= 4 is 46.2 Å². The van der Waals surface area contributed by atoms with Gasteiger partial charge in [0.1, 0.15) is 48.7 Å². The number of anilines is 2. The third-order valence-electron chi connectivity index (χ3n) is 9.66. The largest absolute Gasteiger partial charge is 0.394 e. The van der Waals surface area contributed by atoms with Gasteiger partial charge in [-0.1, -0.05) is 0 Å².